The van der Waals surface area contributed by atoms with Gasteiger partial charge in [-0.15, -0.1) is 4.90 Å². The van der Waals surface area contributed by atoms with Crippen LogP contribution in [0, 0.1) is 11.7 Å². The molecule has 0 bridgehead atoms. The average molecular weight is 442 g/mol. The molecule has 0 saturated carbocycles. The summed E-state index contributed by atoms with van der Waals surface area (Å²) >= 11 is 7.53. The lowest BCUT2D eigenvalue weighted by Crippen LogP contribution is -2.53. The van der Waals surface area contributed by atoms with Crippen LogP contribution in [0.4, 0.5) is 14.9 Å². The molecule has 3 aliphatic rings. The Kier molecular flexibility index (Phi) is 4.99. The summed E-state index contributed by atoms with van der Waals surface area (Å²) in [7, 11) is 0. The summed E-state index contributed by atoms with van der Waals surface area (Å²) in [6.45, 7) is 0.0856. The molecule has 7 heteroatoms. The van der Waals surface area contributed by atoms with Crippen molar-refractivity contribution in [1.82, 2.24) is 0 Å². The summed E-state index contributed by atoms with van der Waals surface area (Å²) in [6, 6.07) is 12.6. The third kappa shape index (κ3) is 3.19. The summed E-state index contributed by atoms with van der Waals surface area (Å²) in [5.41, 5.74) is 2.02. The fraction of sp³-hybridized carbons (Fsp3) is 0.261. The van der Waals surface area contributed by atoms with Crippen LogP contribution in [0.25, 0.3) is 0 Å². The number of hydrogen-bond donors (Lipinski definition) is 0. The van der Waals surface area contributed by atoms with Crippen LogP contribution in [-0.4, -0.2) is 21.6 Å². The van der Waals surface area contributed by atoms with Gasteiger partial charge in [-0.1, -0.05) is 41.6 Å². The number of allylic oxidation sites excluding steroid dienone is 1. The van der Waals surface area contributed by atoms with E-state index in [0.29, 0.717) is 21.3 Å². The number of halogens is 2. The summed E-state index contributed by atoms with van der Waals surface area (Å²) in [5, 5.41) is 1.24. The highest BCUT2D eigenvalue weighted by Crippen LogP contribution is 2.48. The van der Waals surface area contributed by atoms with Gasteiger partial charge >= 0.3 is 11.9 Å². The fourth-order valence-electron chi connectivity index (χ4n) is 4.33. The lowest BCUT2D eigenvalue weighted by Gasteiger charge is -2.26. The van der Waals surface area contributed by atoms with Gasteiger partial charge in [0.05, 0.1) is 0 Å². The predicted octanol–water partition coefficient (Wildman–Crippen LogP) is 5.75. The molecule has 0 N–H and O–H groups in total. The molecule has 0 aromatic heterocycles. The van der Waals surface area contributed by atoms with Crippen LogP contribution in [-0.2, 0) is 11.3 Å². The van der Waals surface area contributed by atoms with E-state index in [1.807, 2.05) is 0 Å². The third-order valence-corrected chi connectivity index (χ3v) is 7.44. The monoisotopic (exact) mass is 441 g/mol. The minimum Gasteiger partial charge on any atom is -0.245 e. The standard InChI is InChI=1S/C23H19ClFN2O2S/c24-15-9-11-16(12-10-15)27-21(28)20-17-6-2-4-8-19(17)30-22(20)26(23(27)29)13-14-5-1-3-7-18(14)25/h1,3,5,7,9-12,20H,2,4,6,8,13H2/q+1. The topological polar surface area (TPSA) is 40.4 Å². The van der Waals surface area contributed by atoms with E-state index in [4.69, 9.17) is 11.6 Å². The first-order valence-corrected chi connectivity index (χ1v) is 11.1. The lowest BCUT2D eigenvalue weighted by atomic mass is 9.88. The Morgan fingerprint density at radius 2 is 1.80 bits per heavy atom. The molecule has 1 unspecified atom stereocenters. The number of hydrogen-bond acceptors (Lipinski definition) is 3. The van der Waals surface area contributed by atoms with Gasteiger partial charge in [0.15, 0.2) is 11.0 Å². The summed E-state index contributed by atoms with van der Waals surface area (Å²) in [6.07, 6.45) is 3.91. The van der Waals surface area contributed by atoms with Crippen molar-refractivity contribution in [3.05, 3.63) is 75.4 Å². The number of urea groups is 1. The number of rotatable bonds is 3. The average Bonchev–Trinajstić information content (AvgIpc) is 3.13. The Labute approximate surface area is 183 Å². The molecule has 0 fully saturated rings. The molecule has 2 aromatic carbocycles. The number of imide groups is 1. The summed E-state index contributed by atoms with van der Waals surface area (Å²) in [5.74, 6) is -1.06. The van der Waals surface area contributed by atoms with Gasteiger partial charge in [0.25, 0.3) is 0 Å². The fourth-order valence-corrected chi connectivity index (χ4v) is 5.92. The molecule has 2 aromatic rings. The number of amides is 3. The lowest BCUT2D eigenvalue weighted by molar-refractivity contribution is -0.443. The number of carbonyl (C=O) groups excluding carboxylic acids is 2. The van der Waals surface area contributed by atoms with E-state index in [9.17, 15) is 14.0 Å². The molecular formula is C23H19ClFN2O2S+. The maximum absolute atomic E-state index is 14.4. The highest BCUT2D eigenvalue weighted by atomic mass is 35.5. The number of anilines is 1. The first-order chi connectivity index (χ1) is 14.5. The van der Waals surface area contributed by atoms with E-state index in [0.717, 1.165) is 31.3 Å². The molecule has 1 atom stereocenters. The molecule has 152 valence electrons. The van der Waals surface area contributed by atoms with E-state index in [2.05, 4.69) is 0 Å². The van der Waals surface area contributed by atoms with Crippen LogP contribution >= 0.6 is 23.4 Å². The minimum absolute atomic E-state index is 0.0856. The van der Waals surface area contributed by atoms with Crippen molar-refractivity contribution < 1.29 is 18.6 Å². The van der Waals surface area contributed by atoms with Crippen molar-refractivity contribution in [2.45, 2.75) is 32.2 Å². The van der Waals surface area contributed by atoms with E-state index >= 15 is 0 Å². The Hall–Kier alpha value is -2.44. The van der Waals surface area contributed by atoms with E-state index < -0.39 is 11.9 Å². The second kappa shape index (κ2) is 7.67. The van der Waals surface area contributed by atoms with Gasteiger partial charge in [-0.2, -0.15) is 9.37 Å². The highest BCUT2D eigenvalue weighted by Gasteiger charge is 2.54. The van der Waals surface area contributed by atoms with Crippen LogP contribution in [0.1, 0.15) is 31.2 Å². The van der Waals surface area contributed by atoms with Crippen molar-refractivity contribution >= 4 is 46.0 Å². The van der Waals surface area contributed by atoms with Gasteiger partial charge in [0, 0.05) is 10.6 Å². The molecule has 1 aliphatic carbocycles. The number of benzene rings is 2. The predicted molar refractivity (Wildman–Crippen MR) is 116 cm³/mol. The molecule has 0 radical (unpaired) electrons. The maximum atomic E-state index is 14.4. The Morgan fingerprint density at radius 3 is 2.57 bits per heavy atom. The molecule has 0 saturated heterocycles. The minimum atomic E-state index is -0.467. The van der Waals surface area contributed by atoms with E-state index in [1.54, 1.807) is 47.0 Å². The Balaban J connectivity index is 1.64. The summed E-state index contributed by atoms with van der Waals surface area (Å²) in [4.78, 5) is 29.4. The molecule has 2 aliphatic heterocycles. The highest BCUT2D eigenvalue weighted by molar-refractivity contribution is 8.17. The maximum Gasteiger partial charge on any atom is 0.506 e. The van der Waals surface area contributed by atoms with Gasteiger partial charge in [-0.05, 0) is 66.5 Å². The van der Waals surface area contributed by atoms with Crippen molar-refractivity contribution in [3.8, 4) is 0 Å². The van der Waals surface area contributed by atoms with Crippen LogP contribution < -0.4 is 4.90 Å². The Morgan fingerprint density at radius 1 is 1.07 bits per heavy atom. The smallest absolute Gasteiger partial charge is 0.245 e. The molecular weight excluding hydrogens is 423 g/mol. The second-order valence-electron chi connectivity index (χ2n) is 7.64. The van der Waals surface area contributed by atoms with Crippen LogP contribution in [0.3, 0.4) is 0 Å². The van der Waals surface area contributed by atoms with Crippen molar-refractivity contribution in [2.24, 2.45) is 5.92 Å². The number of fused-ring (bicyclic) bond motifs is 2. The molecule has 3 amide bonds. The summed E-state index contributed by atoms with van der Waals surface area (Å²) < 4.78 is 16.0. The van der Waals surface area contributed by atoms with Crippen molar-refractivity contribution in [1.29, 1.82) is 0 Å². The quantitative estimate of drug-likeness (QED) is 0.569. The van der Waals surface area contributed by atoms with Crippen LogP contribution in [0.15, 0.2) is 59.0 Å². The molecule has 0 spiro atoms. The van der Waals surface area contributed by atoms with E-state index in [-0.39, 0.29) is 18.3 Å². The van der Waals surface area contributed by atoms with Gasteiger partial charge in [-0.25, -0.2) is 9.18 Å². The van der Waals surface area contributed by atoms with Gasteiger partial charge < -0.3 is 0 Å². The molecule has 30 heavy (non-hydrogen) atoms. The second-order valence-corrected chi connectivity index (χ2v) is 9.19. The van der Waals surface area contributed by atoms with Gasteiger partial charge in [-0.3, -0.25) is 0 Å². The molecule has 2 heterocycles. The van der Waals surface area contributed by atoms with E-state index in [1.165, 1.54) is 27.6 Å². The van der Waals surface area contributed by atoms with Crippen molar-refractivity contribution in [2.75, 3.05) is 4.90 Å². The first-order valence-electron chi connectivity index (χ1n) is 9.95. The largest absolute Gasteiger partial charge is 0.506 e. The van der Waals surface area contributed by atoms with Crippen LogP contribution in [0.2, 0.25) is 5.02 Å². The number of nitrogens with zero attached hydrogens (tertiary/aromatic N) is 2. The van der Waals surface area contributed by atoms with Gasteiger partial charge in [0.1, 0.15) is 18.0 Å². The molecule has 5 rings (SSSR count). The van der Waals surface area contributed by atoms with Crippen LogP contribution in [0.5, 0.6) is 0 Å². The first kappa shape index (κ1) is 19.5. The number of thioether (sulfide) groups is 1. The van der Waals surface area contributed by atoms with Crippen molar-refractivity contribution in [3.63, 3.8) is 0 Å². The normalized spacial score (nSPS) is 21.3. The zero-order chi connectivity index (χ0) is 20.8. The number of carbonyl (C=O) groups is 2. The SMILES string of the molecule is O=C1C2C3=C(CCCC3)SC2=[N+](Cc2ccccc2F)C(=O)N1c1ccc(Cl)cc1. The zero-order valence-corrected chi connectivity index (χ0v) is 17.7. The molecule has 4 nitrogen and oxygen atoms in total. The van der Waals surface area contributed by atoms with Gasteiger partial charge in [0.2, 0.25) is 0 Å². The third-order valence-electron chi connectivity index (χ3n) is 5.81. The zero-order valence-electron chi connectivity index (χ0n) is 16.1. The Bertz CT molecular complexity index is 1130.